The summed E-state index contributed by atoms with van der Waals surface area (Å²) >= 11 is 0. The minimum atomic E-state index is -3.60. The number of hydrogen-bond donors (Lipinski definition) is 0. The van der Waals surface area contributed by atoms with Crippen molar-refractivity contribution in [3.05, 3.63) is 41.5 Å². The summed E-state index contributed by atoms with van der Waals surface area (Å²) in [5.41, 5.74) is 1.33. The van der Waals surface area contributed by atoms with Crippen molar-refractivity contribution in [1.29, 1.82) is 0 Å². The van der Waals surface area contributed by atoms with E-state index in [0.717, 1.165) is 18.4 Å². The molecule has 3 heterocycles. The van der Waals surface area contributed by atoms with Crippen LogP contribution < -0.4 is 0 Å². The summed E-state index contributed by atoms with van der Waals surface area (Å²) in [4.78, 5) is 4.28. The third-order valence-corrected chi connectivity index (χ3v) is 5.96. The van der Waals surface area contributed by atoms with Gasteiger partial charge in [0.25, 0.3) is 0 Å². The minimum absolute atomic E-state index is 0.169. The fourth-order valence-electron chi connectivity index (χ4n) is 2.89. The molecule has 112 valence electrons. The van der Waals surface area contributed by atoms with Crippen molar-refractivity contribution in [1.82, 2.24) is 14.4 Å². The van der Waals surface area contributed by atoms with E-state index in [9.17, 15) is 8.42 Å². The van der Waals surface area contributed by atoms with Gasteiger partial charge in [-0.2, -0.15) is 4.31 Å². The lowest BCUT2D eigenvalue weighted by Crippen LogP contribution is -2.31. The Bertz CT molecular complexity index is 721. The van der Waals surface area contributed by atoms with Crippen LogP contribution in [0.1, 0.15) is 35.9 Å². The van der Waals surface area contributed by atoms with Gasteiger partial charge < -0.3 is 4.52 Å². The first-order valence-corrected chi connectivity index (χ1v) is 8.30. The first-order chi connectivity index (χ1) is 10.0. The van der Waals surface area contributed by atoms with Crippen molar-refractivity contribution in [3.8, 4) is 0 Å². The van der Waals surface area contributed by atoms with Crippen LogP contribution in [0.15, 0.2) is 33.9 Å². The van der Waals surface area contributed by atoms with Gasteiger partial charge in [0.05, 0.1) is 6.04 Å². The topological polar surface area (TPSA) is 76.3 Å². The molecule has 0 bridgehead atoms. The summed E-state index contributed by atoms with van der Waals surface area (Å²) in [6, 6.07) is 3.57. The van der Waals surface area contributed by atoms with Gasteiger partial charge in [0.2, 0.25) is 10.0 Å². The summed E-state index contributed by atoms with van der Waals surface area (Å²) < 4.78 is 32.4. The van der Waals surface area contributed by atoms with Crippen LogP contribution in [0.25, 0.3) is 0 Å². The Balaban J connectivity index is 2.03. The molecule has 0 spiro atoms. The van der Waals surface area contributed by atoms with E-state index < -0.39 is 10.0 Å². The average molecular weight is 307 g/mol. The van der Waals surface area contributed by atoms with E-state index >= 15 is 0 Å². The molecule has 1 saturated heterocycles. The average Bonchev–Trinajstić information content (AvgIpc) is 3.07. The van der Waals surface area contributed by atoms with Crippen molar-refractivity contribution < 1.29 is 12.9 Å². The maximum absolute atomic E-state index is 12.9. The van der Waals surface area contributed by atoms with Crippen molar-refractivity contribution in [3.63, 3.8) is 0 Å². The van der Waals surface area contributed by atoms with Gasteiger partial charge in [0, 0.05) is 18.9 Å². The SMILES string of the molecule is Cc1noc(C)c1S(=O)(=O)N1CCC[C@@H]1c1cccnc1. The van der Waals surface area contributed by atoms with Crippen LogP contribution in [0.3, 0.4) is 0 Å². The van der Waals surface area contributed by atoms with Crippen LogP contribution in [0.5, 0.6) is 0 Å². The molecule has 2 aromatic rings. The fraction of sp³-hybridized carbons (Fsp3) is 0.429. The summed E-state index contributed by atoms with van der Waals surface area (Å²) in [5, 5.41) is 3.76. The third kappa shape index (κ3) is 2.36. The summed E-state index contributed by atoms with van der Waals surface area (Å²) in [6.45, 7) is 3.78. The van der Waals surface area contributed by atoms with E-state index in [0.29, 0.717) is 18.0 Å². The van der Waals surface area contributed by atoms with Crippen LogP contribution in [0.4, 0.5) is 0 Å². The van der Waals surface area contributed by atoms with Crippen molar-refractivity contribution in [2.45, 2.75) is 37.6 Å². The molecular weight excluding hydrogens is 290 g/mol. The molecule has 0 saturated carbocycles. The molecule has 1 aliphatic rings. The molecule has 0 aromatic carbocycles. The van der Waals surface area contributed by atoms with Gasteiger partial charge in [-0.3, -0.25) is 4.98 Å². The smallest absolute Gasteiger partial charge is 0.249 e. The van der Waals surface area contributed by atoms with Gasteiger partial charge in [-0.1, -0.05) is 11.2 Å². The predicted molar refractivity (Wildman–Crippen MR) is 76.1 cm³/mol. The van der Waals surface area contributed by atoms with Crippen molar-refractivity contribution in [2.75, 3.05) is 6.54 Å². The number of sulfonamides is 1. The summed E-state index contributed by atoms with van der Waals surface area (Å²) in [6.07, 6.45) is 5.05. The lowest BCUT2D eigenvalue weighted by molar-refractivity contribution is 0.383. The Morgan fingerprint density at radius 2 is 2.19 bits per heavy atom. The van der Waals surface area contributed by atoms with E-state index in [1.165, 1.54) is 4.31 Å². The van der Waals surface area contributed by atoms with E-state index in [1.54, 1.807) is 26.2 Å². The normalized spacial score (nSPS) is 20.0. The van der Waals surface area contributed by atoms with Gasteiger partial charge >= 0.3 is 0 Å². The molecule has 7 heteroatoms. The van der Waals surface area contributed by atoms with Gasteiger partial charge in [-0.25, -0.2) is 8.42 Å². The predicted octanol–water partition coefficient (Wildman–Crippen LogP) is 2.21. The monoisotopic (exact) mass is 307 g/mol. The van der Waals surface area contributed by atoms with Crippen LogP contribution in [0, 0.1) is 13.8 Å². The van der Waals surface area contributed by atoms with E-state index in [2.05, 4.69) is 10.1 Å². The molecule has 0 amide bonds. The standard InChI is InChI=1S/C14H17N3O3S/c1-10-14(11(2)20-16-10)21(18,19)17-8-4-6-13(17)12-5-3-7-15-9-12/h3,5,7,9,13H,4,6,8H2,1-2H3/t13-/m1/s1. The zero-order chi connectivity index (χ0) is 15.0. The molecule has 0 aliphatic carbocycles. The molecule has 6 nitrogen and oxygen atoms in total. The zero-order valence-corrected chi connectivity index (χ0v) is 12.8. The van der Waals surface area contributed by atoms with Crippen LogP contribution in [-0.4, -0.2) is 29.4 Å². The molecular formula is C14H17N3O3S. The van der Waals surface area contributed by atoms with E-state index in [1.807, 2.05) is 12.1 Å². The number of pyridine rings is 1. The quantitative estimate of drug-likeness (QED) is 0.869. The highest BCUT2D eigenvalue weighted by Gasteiger charge is 2.39. The first kappa shape index (κ1) is 14.2. The van der Waals surface area contributed by atoms with Crippen LogP contribution >= 0.6 is 0 Å². The fourth-order valence-corrected chi connectivity index (χ4v) is 4.87. The van der Waals surface area contributed by atoms with Crippen molar-refractivity contribution >= 4 is 10.0 Å². The molecule has 1 atom stereocenters. The number of aryl methyl sites for hydroxylation is 2. The number of nitrogens with zero attached hydrogens (tertiary/aromatic N) is 3. The maximum Gasteiger partial charge on any atom is 0.249 e. The summed E-state index contributed by atoms with van der Waals surface area (Å²) in [5.74, 6) is 0.337. The molecule has 1 aliphatic heterocycles. The molecule has 3 rings (SSSR count). The third-order valence-electron chi connectivity index (χ3n) is 3.81. The highest BCUT2D eigenvalue weighted by atomic mass is 32.2. The second-order valence-corrected chi connectivity index (χ2v) is 7.04. The molecule has 0 radical (unpaired) electrons. The second-order valence-electron chi connectivity index (χ2n) is 5.21. The summed E-state index contributed by atoms with van der Waals surface area (Å²) in [7, 11) is -3.60. The van der Waals surface area contributed by atoms with Gasteiger partial charge in [0.1, 0.15) is 10.6 Å². The van der Waals surface area contributed by atoms with E-state index in [-0.39, 0.29) is 10.9 Å². The molecule has 0 N–H and O–H groups in total. The first-order valence-electron chi connectivity index (χ1n) is 6.86. The van der Waals surface area contributed by atoms with Gasteiger partial charge in [0.15, 0.2) is 5.76 Å². The van der Waals surface area contributed by atoms with Gasteiger partial charge in [-0.15, -0.1) is 0 Å². The number of aromatic nitrogens is 2. The van der Waals surface area contributed by atoms with Crippen LogP contribution in [0.2, 0.25) is 0 Å². The molecule has 2 aromatic heterocycles. The Labute approximate surface area is 123 Å². The Kier molecular flexibility index (Phi) is 3.54. The zero-order valence-electron chi connectivity index (χ0n) is 12.0. The lowest BCUT2D eigenvalue weighted by Gasteiger charge is -2.23. The number of hydrogen-bond acceptors (Lipinski definition) is 5. The number of rotatable bonds is 3. The molecule has 1 fully saturated rings. The van der Waals surface area contributed by atoms with Crippen molar-refractivity contribution in [2.24, 2.45) is 0 Å². The highest BCUT2D eigenvalue weighted by molar-refractivity contribution is 7.89. The maximum atomic E-state index is 12.9. The van der Waals surface area contributed by atoms with Gasteiger partial charge in [-0.05, 0) is 38.3 Å². The highest BCUT2D eigenvalue weighted by Crippen LogP contribution is 2.37. The molecule has 21 heavy (non-hydrogen) atoms. The Morgan fingerprint density at radius 1 is 1.38 bits per heavy atom. The lowest BCUT2D eigenvalue weighted by atomic mass is 10.1. The van der Waals surface area contributed by atoms with Crippen LogP contribution in [-0.2, 0) is 10.0 Å². The largest absolute Gasteiger partial charge is 0.360 e. The second kappa shape index (κ2) is 5.23. The minimum Gasteiger partial charge on any atom is -0.360 e. The van der Waals surface area contributed by atoms with E-state index in [4.69, 9.17) is 4.52 Å². The molecule has 0 unspecified atom stereocenters. The Hall–Kier alpha value is -1.73. The Morgan fingerprint density at radius 3 is 2.81 bits per heavy atom.